The maximum Gasteiger partial charge on any atom is 0.335 e. The Hall–Kier alpha value is -0.687. The number of hydrogen-bond donors (Lipinski definition) is 1. The fourth-order valence-corrected chi connectivity index (χ4v) is 1.19. The van der Waals surface area contributed by atoms with E-state index in [2.05, 4.69) is 6.92 Å². The van der Waals surface area contributed by atoms with Gasteiger partial charge in [-0.25, -0.2) is 4.79 Å². The first-order valence-corrected chi connectivity index (χ1v) is 4.56. The molecule has 0 aliphatic rings. The first-order chi connectivity index (χ1) is 6.24. The second-order valence-corrected chi connectivity index (χ2v) is 3.11. The van der Waals surface area contributed by atoms with Gasteiger partial charge in [0.1, 0.15) is 0 Å². The summed E-state index contributed by atoms with van der Waals surface area (Å²) in [6, 6.07) is 7.10. The van der Waals surface area contributed by atoms with Gasteiger partial charge in [0.25, 0.3) is 0 Å². The number of carboxylic acid groups (broad SMARTS) is 1. The van der Waals surface area contributed by atoms with Gasteiger partial charge in [-0.2, -0.15) is 0 Å². The fraction of sp³-hybridized carbons (Fsp3) is 0.364. The average molecular weight is 244 g/mol. The minimum atomic E-state index is -0.859. The van der Waals surface area contributed by atoms with Crippen LogP contribution in [0.5, 0.6) is 0 Å². The Balaban J connectivity index is 0.00000169. The second-order valence-electron chi connectivity index (χ2n) is 3.11. The van der Waals surface area contributed by atoms with Crippen molar-refractivity contribution in [2.75, 3.05) is 0 Å². The number of carboxylic acids is 1. The first kappa shape index (κ1) is 13.3. The van der Waals surface area contributed by atoms with E-state index in [1.165, 1.54) is 12.0 Å². The predicted octanol–water partition coefficient (Wildman–Crippen LogP) is 2.72. The molecule has 72 valence electrons. The summed E-state index contributed by atoms with van der Waals surface area (Å²) >= 11 is 0. The standard InChI is InChI=1S/C11H14O2.Zn/c1-2-3-4-9-5-7-10(8-6-9)11(12)13;/h5-8H,2-4H2,1H3,(H,12,13);. The van der Waals surface area contributed by atoms with Crippen molar-refractivity contribution in [2.45, 2.75) is 26.2 Å². The van der Waals surface area contributed by atoms with Gasteiger partial charge in [-0.05, 0) is 30.5 Å². The van der Waals surface area contributed by atoms with Crippen LogP contribution in [0.3, 0.4) is 0 Å². The molecular weight excluding hydrogens is 230 g/mol. The molecule has 3 heteroatoms. The molecule has 0 fully saturated rings. The van der Waals surface area contributed by atoms with E-state index in [9.17, 15) is 4.79 Å². The topological polar surface area (TPSA) is 37.3 Å². The van der Waals surface area contributed by atoms with Gasteiger partial charge in [-0.1, -0.05) is 25.5 Å². The molecule has 1 aromatic carbocycles. The van der Waals surface area contributed by atoms with Crippen LogP contribution in [-0.2, 0) is 25.9 Å². The van der Waals surface area contributed by atoms with Crippen LogP contribution >= 0.6 is 0 Å². The van der Waals surface area contributed by atoms with Gasteiger partial charge in [-0.3, -0.25) is 0 Å². The molecule has 0 heterocycles. The molecule has 1 rings (SSSR count). The van der Waals surface area contributed by atoms with Crippen molar-refractivity contribution in [1.82, 2.24) is 0 Å². The van der Waals surface area contributed by atoms with Crippen LogP contribution < -0.4 is 0 Å². The van der Waals surface area contributed by atoms with Gasteiger partial charge in [0.05, 0.1) is 5.56 Å². The summed E-state index contributed by atoms with van der Waals surface area (Å²) in [5.74, 6) is -0.859. The van der Waals surface area contributed by atoms with Crippen LogP contribution in [0.15, 0.2) is 24.3 Å². The third-order valence-corrected chi connectivity index (χ3v) is 2.02. The van der Waals surface area contributed by atoms with Gasteiger partial charge in [-0.15, -0.1) is 0 Å². The zero-order valence-corrected chi connectivity index (χ0v) is 11.5. The molecule has 0 atom stereocenters. The van der Waals surface area contributed by atoms with Crippen LogP contribution in [0.1, 0.15) is 35.7 Å². The molecular formula is C11H14O2Zn. The second kappa shape index (κ2) is 6.72. The summed E-state index contributed by atoms with van der Waals surface area (Å²) < 4.78 is 0. The van der Waals surface area contributed by atoms with Gasteiger partial charge < -0.3 is 5.11 Å². The van der Waals surface area contributed by atoms with E-state index in [-0.39, 0.29) is 19.5 Å². The summed E-state index contributed by atoms with van der Waals surface area (Å²) in [5, 5.41) is 8.65. The molecule has 0 bridgehead atoms. The number of benzene rings is 1. The number of carbonyl (C=O) groups is 1. The molecule has 0 amide bonds. The summed E-state index contributed by atoms with van der Waals surface area (Å²) in [5.41, 5.74) is 1.58. The van der Waals surface area contributed by atoms with E-state index in [0.717, 1.165) is 12.8 Å². The summed E-state index contributed by atoms with van der Waals surface area (Å²) in [6.45, 7) is 2.14. The van der Waals surface area contributed by atoms with Crippen molar-refractivity contribution in [2.24, 2.45) is 0 Å². The molecule has 0 radical (unpaired) electrons. The summed E-state index contributed by atoms with van der Waals surface area (Å²) in [4.78, 5) is 10.5. The average Bonchev–Trinajstić information content (AvgIpc) is 2.15. The van der Waals surface area contributed by atoms with Gasteiger partial charge in [0.2, 0.25) is 0 Å². The van der Waals surface area contributed by atoms with E-state index < -0.39 is 5.97 Å². The molecule has 0 aliphatic heterocycles. The normalized spacial score (nSPS) is 9.21. The molecule has 0 unspecified atom stereocenters. The molecule has 14 heavy (non-hydrogen) atoms. The van der Waals surface area contributed by atoms with Crippen molar-refractivity contribution in [3.8, 4) is 0 Å². The molecule has 0 aromatic heterocycles. The van der Waals surface area contributed by atoms with Gasteiger partial charge in [0, 0.05) is 19.5 Å². The Bertz CT molecular complexity index is 280. The van der Waals surface area contributed by atoms with E-state index in [1.807, 2.05) is 12.1 Å². The molecule has 1 aromatic rings. The fourth-order valence-electron chi connectivity index (χ4n) is 1.19. The monoisotopic (exact) mass is 242 g/mol. The molecule has 0 spiro atoms. The van der Waals surface area contributed by atoms with E-state index in [0.29, 0.717) is 5.56 Å². The molecule has 0 saturated heterocycles. The number of unbranched alkanes of at least 4 members (excludes halogenated alkanes) is 1. The number of hydrogen-bond acceptors (Lipinski definition) is 1. The third kappa shape index (κ3) is 4.01. The van der Waals surface area contributed by atoms with Crippen molar-refractivity contribution < 1.29 is 29.4 Å². The smallest absolute Gasteiger partial charge is 0.335 e. The first-order valence-electron chi connectivity index (χ1n) is 4.56. The Morgan fingerprint density at radius 3 is 2.29 bits per heavy atom. The Morgan fingerprint density at radius 2 is 1.86 bits per heavy atom. The predicted molar refractivity (Wildman–Crippen MR) is 52.0 cm³/mol. The zero-order chi connectivity index (χ0) is 9.68. The molecule has 1 N–H and O–H groups in total. The van der Waals surface area contributed by atoms with E-state index in [4.69, 9.17) is 5.11 Å². The van der Waals surface area contributed by atoms with E-state index >= 15 is 0 Å². The SMILES string of the molecule is CCCCc1ccc(C(=O)O)cc1.[Zn]. The van der Waals surface area contributed by atoms with Crippen molar-refractivity contribution in [1.29, 1.82) is 0 Å². The van der Waals surface area contributed by atoms with Gasteiger partial charge in [0.15, 0.2) is 0 Å². The van der Waals surface area contributed by atoms with Crippen LogP contribution in [0, 0.1) is 0 Å². The van der Waals surface area contributed by atoms with Crippen molar-refractivity contribution in [3.63, 3.8) is 0 Å². The number of aromatic carboxylic acids is 1. The van der Waals surface area contributed by atoms with Crippen LogP contribution in [0.2, 0.25) is 0 Å². The molecule has 2 nitrogen and oxygen atoms in total. The Kier molecular flexibility index (Phi) is 6.39. The summed E-state index contributed by atoms with van der Waals surface area (Å²) in [6.07, 6.45) is 3.36. The van der Waals surface area contributed by atoms with Crippen LogP contribution in [-0.4, -0.2) is 11.1 Å². The zero-order valence-electron chi connectivity index (χ0n) is 8.49. The minimum Gasteiger partial charge on any atom is -0.478 e. The molecule has 0 saturated carbocycles. The largest absolute Gasteiger partial charge is 0.478 e. The quantitative estimate of drug-likeness (QED) is 0.826. The van der Waals surface area contributed by atoms with Gasteiger partial charge >= 0.3 is 5.97 Å². The number of aryl methyl sites for hydroxylation is 1. The molecule has 0 aliphatic carbocycles. The Labute approximate surface area is 97.1 Å². The van der Waals surface area contributed by atoms with Crippen LogP contribution in [0.25, 0.3) is 0 Å². The van der Waals surface area contributed by atoms with Crippen molar-refractivity contribution >= 4 is 5.97 Å². The summed E-state index contributed by atoms with van der Waals surface area (Å²) in [7, 11) is 0. The van der Waals surface area contributed by atoms with E-state index in [1.54, 1.807) is 12.1 Å². The minimum absolute atomic E-state index is 0. The van der Waals surface area contributed by atoms with Crippen molar-refractivity contribution in [3.05, 3.63) is 35.4 Å². The maximum atomic E-state index is 10.5. The maximum absolute atomic E-state index is 10.5. The number of rotatable bonds is 4. The third-order valence-electron chi connectivity index (χ3n) is 2.02. The Morgan fingerprint density at radius 1 is 1.29 bits per heavy atom. The van der Waals surface area contributed by atoms with Crippen LogP contribution in [0.4, 0.5) is 0 Å².